The quantitative estimate of drug-likeness (QED) is 0.815. The molecule has 5 nitrogen and oxygen atoms in total. The van der Waals surface area contributed by atoms with Crippen LogP contribution >= 0.6 is 0 Å². The Balaban J connectivity index is 3.00. The van der Waals surface area contributed by atoms with E-state index in [1.807, 2.05) is 13.0 Å². The third-order valence-electron chi connectivity index (χ3n) is 2.46. The molecule has 3 N–H and O–H groups in total. The maximum Gasteiger partial charge on any atom is 0.161 e. The molecule has 0 aliphatic carbocycles. The standard InChI is InChI=1S/C12H19NO4S/c1-4-17-12-7-9(5-6-11(12)16-2)10(13)8-18(3,14)15/h5-7,10H,4,8,13H2,1-3H3/p+1. The zero-order chi connectivity index (χ0) is 13.8. The van der Waals surface area contributed by atoms with Gasteiger partial charge in [-0.3, -0.25) is 0 Å². The van der Waals surface area contributed by atoms with Gasteiger partial charge in [-0.1, -0.05) is 0 Å². The van der Waals surface area contributed by atoms with Gasteiger partial charge >= 0.3 is 0 Å². The van der Waals surface area contributed by atoms with E-state index in [1.165, 1.54) is 6.26 Å². The molecule has 0 aromatic heterocycles. The second-order valence-electron chi connectivity index (χ2n) is 4.13. The van der Waals surface area contributed by atoms with Crippen LogP contribution in [-0.2, 0) is 9.84 Å². The lowest BCUT2D eigenvalue weighted by Crippen LogP contribution is -2.56. The first-order chi connectivity index (χ1) is 8.37. The lowest BCUT2D eigenvalue weighted by Gasteiger charge is -2.13. The van der Waals surface area contributed by atoms with Gasteiger partial charge in [-0.2, -0.15) is 0 Å². The molecule has 0 aliphatic heterocycles. The van der Waals surface area contributed by atoms with Gasteiger partial charge in [-0.05, 0) is 25.1 Å². The van der Waals surface area contributed by atoms with Crippen molar-refractivity contribution in [1.82, 2.24) is 0 Å². The number of hydrogen-bond acceptors (Lipinski definition) is 4. The molecule has 0 amide bonds. The summed E-state index contributed by atoms with van der Waals surface area (Å²) < 4.78 is 33.1. The Labute approximate surface area is 108 Å². The zero-order valence-corrected chi connectivity index (χ0v) is 11.8. The zero-order valence-electron chi connectivity index (χ0n) is 11.0. The van der Waals surface area contributed by atoms with Gasteiger partial charge in [-0.15, -0.1) is 0 Å². The molecule has 0 saturated heterocycles. The Morgan fingerprint density at radius 1 is 1.33 bits per heavy atom. The molecule has 1 aromatic carbocycles. The second kappa shape index (κ2) is 6.06. The number of rotatable bonds is 6. The third kappa shape index (κ3) is 4.19. The fourth-order valence-corrected chi connectivity index (χ4v) is 2.60. The summed E-state index contributed by atoms with van der Waals surface area (Å²) in [6, 6.07) is 5.04. The van der Waals surface area contributed by atoms with Gasteiger partial charge < -0.3 is 15.2 Å². The van der Waals surface area contributed by atoms with E-state index in [1.54, 1.807) is 19.2 Å². The summed E-state index contributed by atoms with van der Waals surface area (Å²) in [5.74, 6) is 1.26. The second-order valence-corrected chi connectivity index (χ2v) is 6.32. The molecule has 0 radical (unpaired) electrons. The van der Waals surface area contributed by atoms with Crippen LogP contribution in [0.2, 0.25) is 0 Å². The molecule has 1 unspecified atom stereocenters. The third-order valence-corrected chi connectivity index (χ3v) is 3.47. The first-order valence-electron chi connectivity index (χ1n) is 5.69. The summed E-state index contributed by atoms with van der Waals surface area (Å²) in [7, 11) is -1.48. The van der Waals surface area contributed by atoms with Crippen molar-refractivity contribution < 1.29 is 23.6 Å². The van der Waals surface area contributed by atoms with Gasteiger partial charge in [0.1, 0.15) is 11.8 Å². The minimum absolute atomic E-state index is 0.0187. The van der Waals surface area contributed by atoms with Gasteiger partial charge in [0, 0.05) is 11.8 Å². The van der Waals surface area contributed by atoms with Crippen molar-refractivity contribution in [3.8, 4) is 11.5 Å². The molecule has 6 heteroatoms. The van der Waals surface area contributed by atoms with Crippen molar-refractivity contribution in [1.29, 1.82) is 0 Å². The Hall–Kier alpha value is -1.27. The number of quaternary nitrogens is 1. The average Bonchev–Trinajstić information content (AvgIpc) is 2.27. The van der Waals surface area contributed by atoms with Gasteiger partial charge in [-0.25, -0.2) is 8.42 Å². The highest BCUT2D eigenvalue weighted by Gasteiger charge is 2.18. The van der Waals surface area contributed by atoms with Crippen molar-refractivity contribution in [2.45, 2.75) is 13.0 Å². The van der Waals surface area contributed by atoms with Crippen LogP contribution in [-0.4, -0.2) is 34.1 Å². The average molecular weight is 274 g/mol. The van der Waals surface area contributed by atoms with E-state index < -0.39 is 9.84 Å². The summed E-state index contributed by atoms with van der Waals surface area (Å²) in [4.78, 5) is 0. The van der Waals surface area contributed by atoms with Crippen LogP contribution in [0.15, 0.2) is 18.2 Å². The van der Waals surface area contributed by atoms with E-state index in [0.29, 0.717) is 18.1 Å². The highest BCUT2D eigenvalue weighted by atomic mass is 32.2. The Bertz CT molecular complexity index is 499. The highest BCUT2D eigenvalue weighted by molar-refractivity contribution is 7.90. The maximum absolute atomic E-state index is 11.3. The lowest BCUT2D eigenvalue weighted by molar-refractivity contribution is -0.418. The minimum Gasteiger partial charge on any atom is -0.493 e. The van der Waals surface area contributed by atoms with E-state index in [0.717, 1.165) is 5.56 Å². The van der Waals surface area contributed by atoms with Crippen molar-refractivity contribution in [3.63, 3.8) is 0 Å². The fraction of sp³-hybridized carbons (Fsp3) is 0.500. The molecule has 0 fully saturated rings. The SMILES string of the molecule is CCOc1cc(C([NH3+])CS(C)(=O)=O)ccc1OC. The van der Waals surface area contributed by atoms with Crippen LogP contribution in [0.25, 0.3) is 0 Å². The van der Waals surface area contributed by atoms with Gasteiger partial charge in [0.05, 0.1) is 13.7 Å². The highest BCUT2D eigenvalue weighted by Crippen LogP contribution is 2.29. The smallest absolute Gasteiger partial charge is 0.161 e. The van der Waals surface area contributed by atoms with Crippen LogP contribution in [0.5, 0.6) is 11.5 Å². The molecular weight excluding hydrogens is 254 g/mol. The molecule has 0 bridgehead atoms. The summed E-state index contributed by atoms with van der Waals surface area (Å²) in [6.07, 6.45) is 1.21. The van der Waals surface area contributed by atoms with Crippen LogP contribution in [0.4, 0.5) is 0 Å². The molecular formula is C12H20NO4S+. The van der Waals surface area contributed by atoms with E-state index in [2.05, 4.69) is 5.73 Å². The molecule has 0 spiro atoms. The number of hydrogen-bond donors (Lipinski definition) is 1. The van der Waals surface area contributed by atoms with Crippen molar-refractivity contribution in [3.05, 3.63) is 23.8 Å². The van der Waals surface area contributed by atoms with E-state index in [9.17, 15) is 8.42 Å². The number of benzene rings is 1. The summed E-state index contributed by atoms with van der Waals surface area (Å²) in [6.45, 7) is 2.40. The Kier molecular flexibility index (Phi) is 4.98. The Morgan fingerprint density at radius 3 is 2.50 bits per heavy atom. The normalized spacial score (nSPS) is 13.1. The van der Waals surface area contributed by atoms with Gasteiger partial charge in [0.15, 0.2) is 21.3 Å². The van der Waals surface area contributed by atoms with E-state index in [-0.39, 0.29) is 11.8 Å². The predicted molar refractivity (Wildman–Crippen MR) is 69.5 cm³/mol. The molecule has 1 rings (SSSR count). The minimum atomic E-state index is -3.05. The number of methoxy groups -OCH3 is 1. The topological polar surface area (TPSA) is 80.2 Å². The van der Waals surface area contributed by atoms with Gasteiger partial charge in [0.2, 0.25) is 0 Å². The first kappa shape index (κ1) is 14.8. The molecule has 0 aliphatic rings. The van der Waals surface area contributed by atoms with Gasteiger partial charge in [0.25, 0.3) is 0 Å². The number of ether oxygens (including phenoxy) is 2. The molecule has 1 atom stereocenters. The van der Waals surface area contributed by atoms with Crippen molar-refractivity contribution >= 4 is 9.84 Å². The fourth-order valence-electron chi connectivity index (χ4n) is 1.68. The lowest BCUT2D eigenvalue weighted by atomic mass is 10.1. The maximum atomic E-state index is 11.3. The van der Waals surface area contributed by atoms with E-state index >= 15 is 0 Å². The summed E-state index contributed by atoms with van der Waals surface area (Å²) >= 11 is 0. The molecule has 0 heterocycles. The molecule has 1 aromatic rings. The predicted octanol–water partition coefficient (Wildman–Crippen LogP) is 0.422. The Morgan fingerprint density at radius 2 is 2.00 bits per heavy atom. The van der Waals surface area contributed by atoms with Crippen LogP contribution in [0.1, 0.15) is 18.5 Å². The van der Waals surface area contributed by atoms with E-state index in [4.69, 9.17) is 9.47 Å². The van der Waals surface area contributed by atoms with Crippen LogP contribution < -0.4 is 15.2 Å². The van der Waals surface area contributed by atoms with Crippen molar-refractivity contribution in [2.75, 3.05) is 25.7 Å². The molecule has 0 saturated carbocycles. The monoisotopic (exact) mass is 274 g/mol. The number of sulfone groups is 1. The summed E-state index contributed by atoms with van der Waals surface area (Å²) in [5, 5.41) is 0. The largest absolute Gasteiger partial charge is 0.493 e. The summed E-state index contributed by atoms with van der Waals surface area (Å²) in [5.41, 5.74) is 4.70. The molecule has 18 heavy (non-hydrogen) atoms. The molecule has 102 valence electrons. The van der Waals surface area contributed by atoms with Crippen LogP contribution in [0.3, 0.4) is 0 Å². The van der Waals surface area contributed by atoms with Crippen molar-refractivity contribution in [2.24, 2.45) is 0 Å². The van der Waals surface area contributed by atoms with Crippen LogP contribution in [0, 0.1) is 0 Å². The first-order valence-corrected chi connectivity index (χ1v) is 7.75.